The number of esters is 1. The maximum Gasteiger partial charge on any atom is 0.342 e. The second-order valence-electron chi connectivity index (χ2n) is 12.2. The van der Waals surface area contributed by atoms with Gasteiger partial charge in [0.05, 0.1) is 5.54 Å². The Morgan fingerprint density at radius 1 is 1.05 bits per heavy atom. The van der Waals surface area contributed by atoms with Gasteiger partial charge in [-0.2, -0.15) is 0 Å². The molecule has 3 amide bonds. The van der Waals surface area contributed by atoms with E-state index < -0.39 is 46.9 Å². The predicted molar refractivity (Wildman–Crippen MR) is 162 cm³/mol. The number of aryl methyl sites for hydroxylation is 1. The molecule has 2 aromatic rings. The molecule has 0 bridgehead atoms. The van der Waals surface area contributed by atoms with Gasteiger partial charge >= 0.3 is 11.9 Å². The van der Waals surface area contributed by atoms with Crippen LogP contribution in [0.5, 0.6) is 5.75 Å². The number of carbonyl (C=O) groups excluding carboxylic acids is 4. The number of carbonyl (C=O) groups is 5. The van der Waals surface area contributed by atoms with Crippen LogP contribution < -0.4 is 15.8 Å². The molecule has 4 rings (SSSR count). The number of ether oxygens (including phenoxy) is 1. The number of hydrogen-bond donors (Lipinski definition) is 3. The van der Waals surface area contributed by atoms with Crippen molar-refractivity contribution in [3.63, 3.8) is 0 Å². The van der Waals surface area contributed by atoms with Crippen LogP contribution in [0.1, 0.15) is 70.4 Å². The Kier molecular flexibility index (Phi) is 10.1. The zero-order chi connectivity index (χ0) is 32.1. The minimum Gasteiger partial charge on any atom is -0.480 e. The number of likely N-dealkylation sites (tertiary alicyclic amines) is 2. The highest BCUT2D eigenvalue weighted by molar-refractivity contribution is 5.95. The van der Waals surface area contributed by atoms with Crippen molar-refractivity contribution in [1.82, 2.24) is 15.1 Å². The van der Waals surface area contributed by atoms with E-state index in [1.807, 2.05) is 18.2 Å². The third kappa shape index (κ3) is 7.10. The first-order valence-electron chi connectivity index (χ1n) is 15.1. The topological polar surface area (TPSA) is 159 Å². The molecule has 2 aromatic carbocycles. The molecule has 2 aliphatic heterocycles. The highest BCUT2D eigenvalue weighted by Crippen LogP contribution is 2.41. The molecule has 2 saturated heterocycles. The van der Waals surface area contributed by atoms with Gasteiger partial charge < -0.3 is 30.7 Å². The third-order valence-corrected chi connectivity index (χ3v) is 8.39. The largest absolute Gasteiger partial charge is 0.480 e. The van der Waals surface area contributed by atoms with E-state index >= 15 is 0 Å². The Hall–Kier alpha value is -4.25. The van der Waals surface area contributed by atoms with Crippen molar-refractivity contribution >= 4 is 29.7 Å². The average molecular weight is 607 g/mol. The lowest BCUT2D eigenvalue weighted by Gasteiger charge is -2.38. The van der Waals surface area contributed by atoms with Crippen molar-refractivity contribution in [2.45, 2.75) is 88.9 Å². The third-order valence-electron chi connectivity index (χ3n) is 8.39. The van der Waals surface area contributed by atoms with Gasteiger partial charge in [-0.05, 0) is 82.6 Å². The van der Waals surface area contributed by atoms with Gasteiger partial charge in [0, 0.05) is 19.5 Å². The summed E-state index contributed by atoms with van der Waals surface area (Å²) in [5.41, 5.74) is 4.92. The molecule has 11 heteroatoms. The van der Waals surface area contributed by atoms with Crippen LogP contribution in [0.4, 0.5) is 0 Å². The molecule has 3 atom stereocenters. The van der Waals surface area contributed by atoms with Crippen LogP contribution in [0.2, 0.25) is 0 Å². The smallest absolute Gasteiger partial charge is 0.342 e. The van der Waals surface area contributed by atoms with E-state index in [9.17, 15) is 29.1 Å². The molecule has 0 saturated carbocycles. The van der Waals surface area contributed by atoms with Gasteiger partial charge in [0.1, 0.15) is 17.8 Å². The van der Waals surface area contributed by atoms with E-state index in [4.69, 9.17) is 10.5 Å². The van der Waals surface area contributed by atoms with Gasteiger partial charge in [-0.15, -0.1) is 0 Å². The summed E-state index contributed by atoms with van der Waals surface area (Å²) in [4.78, 5) is 67.1. The number of nitrogens with zero attached hydrogens (tertiary/aromatic N) is 2. The van der Waals surface area contributed by atoms with Gasteiger partial charge in [-0.3, -0.25) is 14.4 Å². The zero-order valence-electron chi connectivity index (χ0n) is 25.6. The molecule has 2 aliphatic rings. The van der Waals surface area contributed by atoms with Crippen LogP contribution in [0, 0.1) is 0 Å². The first-order chi connectivity index (χ1) is 20.8. The summed E-state index contributed by atoms with van der Waals surface area (Å²) in [7, 11) is 0. The summed E-state index contributed by atoms with van der Waals surface area (Å²) in [6, 6.07) is 14.4. The van der Waals surface area contributed by atoms with Crippen molar-refractivity contribution in [2.75, 3.05) is 13.1 Å². The fourth-order valence-corrected chi connectivity index (χ4v) is 5.96. The van der Waals surface area contributed by atoms with Crippen LogP contribution in [0.15, 0.2) is 54.6 Å². The number of rotatable bonds is 11. The molecule has 2 heterocycles. The lowest BCUT2D eigenvalue weighted by molar-refractivity contribution is -0.156. The summed E-state index contributed by atoms with van der Waals surface area (Å²) in [5.74, 6) is -2.27. The van der Waals surface area contributed by atoms with Gasteiger partial charge in [0.2, 0.25) is 17.7 Å². The lowest BCUT2D eigenvalue weighted by atomic mass is 9.86. The van der Waals surface area contributed by atoms with Gasteiger partial charge in [0.15, 0.2) is 5.54 Å². The van der Waals surface area contributed by atoms with Gasteiger partial charge in [-0.25, -0.2) is 9.59 Å². The molecule has 4 N–H and O–H groups in total. The highest BCUT2D eigenvalue weighted by atomic mass is 16.5. The summed E-state index contributed by atoms with van der Waals surface area (Å²) in [6.07, 6.45) is 3.53. The molecule has 0 spiro atoms. The predicted octanol–water partition coefficient (Wildman–Crippen LogP) is 2.75. The molecule has 2 fully saturated rings. The average Bonchev–Trinajstić information content (AvgIpc) is 3.66. The molecule has 0 aromatic heterocycles. The van der Waals surface area contributed by atoms with Gasteiger partial charge in [0.25, 0.3) is 0 Å². The number of carboxylic acids is 1. The normalized spacial score (nSPS) is 20.7. The monoisotopic (exact) mass is 606 g/mol. The fourth-order valence-electron chi connectivity index (χ4n) is 5.96. The molecule has 0 unspecified atom stereocenters. The standard InChI is InChI=1S/C33H42N4O7/c1-22(35-30(42)32(2,3)34)28(39)37-21-9-19-33(37,24-11-5-4-6-12-24)31(43)44-25-17-15-23(16-18-25)10-7-14-27(38)36-20-8-13-26(36)29(40)41/h4-6,11-12,15-18,22,26H,7-10,13-14,19-21,34H2,1-3H3,(H,35,42)(H,40,41)/t22-,26-,33+/m0/s1. The van der Waals surface area contributed by atoms with E-state index in [1.54, 1.807) is 57.2 Å². The first kappa shape index (κ1) is 32.7. The number of aliphatic carboxylic acids is 1. The number of nitrogens with two attached hydrogens (primary N) is 1. The van der Waals surface area contributed by atoms with Crippen molar-refractivity contribution in [3.05, 3.63) is 65.7 Å². The van der Waals surface area contributed by atoms with Crippen LogP contribution in [-0.2, 0) is 35.9 Å². The number of benzene rings is 2. The van der Waals surface area contributed by atoms with Crippen LogP contribution >= 0.6 is 0 Å². The summed E-state index contributed by atoms with van der Waals surface area (Å²) in [6.45, 7) is 5.47. The Morgan fingerprint density at radius 2 is 1.73 bits per heavy atom. The maximum absolute atomic E-state index is 14.0. The second kappa shape index (κ2) is 13.6. The molecule has 44 heavy (non-hydrogen) atoms. The molecule has 236 valence electrons. The Labute approximate surface area is 257 Å². The highest BCUT2D eigenvalue weighted by Gasteiger charge is 2.53. The number of amides is 3. The zero-order valence-corrected chi connectivity index (χ0v) is 25.6. The summed E-state index contributed by atoms with van der Waals surface area (Å²) in [5, 5.41) is 12.0. The van der Waals surface area contributed by atoms with Crippen molar-refractivity contribution in [3.8, 4) is 5.75 Å². The SMILES string of the molecule is C[C@H](NC(=O)C(C)(C)N)C(=O)N1CCC[C@]1(C(=O)Oc1ccc(CCCC(=O)N2CCC[C@H]2C(=O)O)cc1)c1ccccc1. The van der Waals surface area contributed by atoms with E-state index in [2.05, 4.69) is 5.32 Å². The second-order valence-corrected chi connectivity index (χ2v) is 12.2. The van der Waals surface area contributed by atoms with Crippen molar-refractivity contribution in [2.24, 2.45) is 5.73 Å². The molecule has 0 aliphatic carbocycles. The number of nitrogens with one attached hydrogen (secondary N) is 1. The fraction of sp³-hybridized carbons (Fsp3) is 0.485. The van der Waals surface area contributed by atoms with Gasteiger partial charge in [-0.1, -0.05) is 42.5 Å². The number of carboxylic acid groups (broad SMARTS) is 1. The Balaban J connectivity index is 1.44. The Morgan fingerprint density at radius 3 is 2.36 bits per heavy atom. The van der Waals surface area contributed by atoms with E-state index in [0.29, 0.717) is 62.9 Å². The minimum atomic E-state index is -1.38. The minimum absolute atomic E-state index is 0.150. The quantitative estimate of drug-likeness (QED) is 0.260. The molecular formula is C33H42N4O7. The van der Waals surface area contributed by atoms with Crippen molar-refractivity contribution < 1.29 is 33.8 Å². The van der Waals surface area contributed by atoms with Crippen LogP contribution in [0.25, 0.3) is 0 Å². The Bertz CT molecular complexity index is 1370. The first-order valence-corrected chi connectivity index (χ1v) is 15.1. The molecule has 0 radical (unpaired) electrons. The summed E-state index contributed by atoms with van der Waals surface area (Å²) >= 11 is 0. The molecular weight excluding hydrogens is 564 g/mol. The van der Waals surface area contributed by atoms with E-state index in [-0.39, 0.29) is 12.3 Å². The lowest BCUT2D eigenvalue weighted by Crippen LogP contribution is -2.59. The van der Waals surface area contributed by atoms with Crippen LogP contribution in [0.3, 0.4) is 0 Å². The molecule has 11 nitrogen and oxygen atoms in total. The summed E-state index contributed by atoms with van der Waals surface area (Å²) < 4.78 is 5.89. The van der Waals surface area contributed by atoms with E-state index in [0.717, 1.165) is 5.56 Å². The van der Waals surface area contributed by atoms with E-state index in [1.165, 1.54) is 9.80 Å². The maximum atomic E-state index is 14.0. The van der Waals surface area contributed by atoms with Crippen LogP contribution in [-0.4, -0.2) is 75.3 Å². The number of hydrogen-bond acceptors (Lipinski definition) is 7. The van der Waals surface area contributed by atoms with Crippen molar-refractivity contribution in [1.29, 1.82) is 0 Å².